The van der Waals surface area contributed by atoms with Crippen LogP contribution < -0.4 is 15.6 Å². The van der Waals surface area contributed by atoms with Crippen molar-refractivity contribution in [1.82, 2.24) is 9.78 Å². The monoisotopic (exact) mass is 397 g/mol. The number of amides is 1. The van der Waals surface area contributed by atoms with Crippen molar-refractivity contribution in [2.75, 3.05) is 5.32 Å². The van der Waals surface area contributed by atoms with Gasteiger partial charge in [-0.2, -0.15) is 4.68 Å². The van der Waals surface area contributed by atoms with Crippen molar-refractivity contribution in [3.8, 4) is 11.6 Å². The van der Waals surface area contributed by atoms with Crippen LogP contribution in [0, 0.1) is 13.8 Å². The predicted molar refractivity (Wildman–Crippen MR) is 109 cm³/mol. The Hall–Kier alpha value is -3.12. The zero-order valence-corrected chi connectivity index (χ0v) is 16.5. The first-order valence-corrected chi connectivity index (χ1v) is 9.12. The van der Waals surface area contributed by atoms with Gasteiger partial charge in [0.05, 0.1) is 5.69 Å². The highest BCUT2D eigenvalue weighted by Crippen LogP contribution is 2.19. The van der Waals surface area contributed by atoms with Gasteiger partial charge in [-0.05, 0) is 56.2 Å². The van der Waals surface area contributed by atoms with Gasteiger partial charge in [-0.25, -0.2) is 0 Å². The normalized spacial score (nSPS) is 11.7. The molecule has 1 N–H and O–H groups in total. The Labute approximate surface area is 167 Å². The van der Waals surface area contributed by atoms with Crippen LogP contribution in [0.25, 0.3) is 5.69 Å². The van der Waals surface area contributed by atoms with Crippen molar-refractivity contribution in [2.45, 2.75) is 26.9 Å². The Morgan fingerprint density at radius 3 is 2.68 bits per heavy atom. The fourth-order valence-electron chi connectivity index (χ4n) is 2.64. The highest BCUT2D eigenvalue weighted by molar-refractivity contribution is 6.30. The van der Waals surface area contributed by atoms with Crippen molar-refractivity contribution in [1.29, 1.82) is 0 Å². The molecule has 7 heteroatoms. The minimum atomic E-state index is -0.806. The van der Waals surface area contributed by atoms with Gasteiger partial charge in [-0.1, -0.05) is 29.8 Å². The molecular formula is C21H20ClN3O3. The third-order valence-electron chi connectivity index (χ3n) is 4.13. The second-order valence-electron chi connectivity index (χ2n) is 6.47. The molecule has 1 heterocycles. The van der Waals surface area contributed by atoms with Gasteiger partial charge in [0.2, 0.25) is 5.88 Å². The number of hydrogen-bond donors (Lipinski definition) is 1. The molecule has 0 unspecified atom stereocenters. The molecule has 144 valence electrons. The quantitative estimate of drug-likeness (QED) is 0.708. The first-order valence-electron chi connectivity index (χ1n) is 8.74. The molecule has 0 fully saturated rings. The molecule has 1 aromatic heterocycles. The van der Waals surface area contributed by atoms with E-state index >= 15 is 0 Å². The molecule has 0 aliphatic rings. The number of aromatic nitrogens is 2. The van der Waals surface area contributed by atoms with E-state index in [1.165, 1.54) is 16.8 Å². The molecule has 0 radical (unpaired) electrons. The van der Waals surface area contributed by atoms with Crippen molar-refractivity contribution in [3.63, 3.8) is 0 Å². The number of halogens is 1. The third kappa shape index (κ3) is 4.58. The summed E-state index contributed by atoms with van der Waals surface area (Å²) >= 11 is 6.05. The summed E-state index contributed by atoms with van der Waals surface area (Å²) in [5.41, 5.74) is 2.79. The molecule has 6 nitrogen and oxygen atoms in total. The van der Waals surface area contributed by atoms with E-state index < -0.39 is 6.10 Å². The zero-order chi connectivity index (χ0) is 20.3. The van der Waals surface area contributed by atoms with E-state index in [9.17, 15) is 9.59 Å². The summed E-state index contributed by atoms with van der Waals surface area (Å²) < 4.78 is 6.86. The first kappa shape index (κ1) is 19.6. The minimum absolute atomic E-state index is 0.158. The molecule has 0 aliphatic carbocycles. The molecule has 3 aromatic rings. The van der Waals surface area contributed by atoms with Crippen LogP contribution >= 0.6 is 11.6 Å². The lowest BCUT2D eigenvalue weighted by Crippen LogP contribution is -2.31. The molecule has 1 amide bonds. The molecule has 0 spiro atoms. The summed E-state index contributed by atoms with van der Waals surface area (Å²) in [5, 5.41) is 7.52. The number of nitrogens with one attached hydrogen (secondary N) is 1. The lowest BCUT2D eigenvalue weighted by molar-refractivity contribution is -0.122. The maximum atomic E-state index is 12.4. The summed E-state index contributed by atoms with van der Waals surface area (Å²) in [6.45, 7) is 5.42. The van der Waals surface area contributed by atoms with E-state index in [4.69, 9.17) is 16.3 Å². The molecule has 3 rings (SSSR count). The number of benzene rings is 2. The molecule has 0 saturated heterocycles. The molecule has 0 bridgehead atoms. The van der Waals surface area contributed by atoms with E-state index in [-0.39, 0.29) is 17.3 Å². The smallest absolute Gasteiger partial charge is 0.271 e. The first-order chi connectivity index (χ1) is 13.3. The Kier molecular flexibility index (Phi) is 5.80. The van der Waals surface area contributed by atoms with Crippen molar-refractivity contribution in [3.05, 3.63) is 81.1 Å². The largest absolute Gasteiger partial charge is 0.463 e. The van der Waals surface area contributed by atoms with Crippen LogP contribution in [0.1, 0.15) is 18.1 Å². The number of hydrogen-bond acceptors (Lipinski definition) is 4. The maximum Gasteiger partial charge on any atom is 0.271 e. The number of rotatable bonds is 5. The summed E-state index contributed by atoms with van der Waals surface area (Å²) in [6.07, 6.45) is -0.806. The highest BCUT2D eigenvalue weighted by atomic mass is 35.5. The fraction of sp³-hybridized carbons (Fsp3) is 0.190. The number of aryl methyl sites for hydroxylation is 2. The van der Waals surface area contributed by atoms with E-state index in [1.54, 1.807) is 31.2 Å². The Balaban J connectivity index is 1.80. The summed E-state index contributed by atoms with van der Waals surface area (Å²) in [5.74, 6) is -0.157. The van der Waals surface area contributed by atoms with Gasteiger partial charge in [-0.3, -0.25) is 9.59 Å². The molecule has 0 saturated carbocycles. The van der Waals surface area contributed by atoms with Gasteiger partial charge in [0.25, 0.3) is 11.5 Å². The molecular weight excluding hydrogens is 378 g/mol. The standard InChI is InChI=1S/C21H20ClN3O3/c1-13-5-4-6-17(11-13)23-21(27)15(3)28-19-9-10-20(26)25(24-19)18-12-16(22)8-7-14(18)2/h4-12,15H,1-3H3,(H,23,27)/t15-/m0/s1. The molecule has 0 aliphatic heterocycles. The van der Waals surface area contributed by atoms with E-state index in [0.29, 0.717) is 16.4 Å². The number of ether oxygens (including phenoxy) is 1. The SMILES string of the molecule is Cc1cccc(NC(=O)[C@H](C)Oc2ccc(=O)n(-c3cc(Cl)ccc3C)n2)c1. The van der Waals surface area contributed by atoms with E-state index in [1.807, 2.05) is 32.0 Å². The average Bonchev–Trinajstić information content (AvgIpc) is 2.65. The number of carbonyl (C=O) groups excluding carboxylic acids is 1. The van der Waals surface area contributed by atoms with Crippen LogP contribution in [-0.2, 0) is 4.79 Å². The molecule has 28 heavy (non-hydrogen) atoms. The van der Waals surface area contributed by atoms with Crippen molar-refractivity contribution < 1.29 is 9.53 Å². The minimum Gasteiger partial charge on any atom is -0.463 e. The second-order valence-corrected chi connectivity index (χ2v) is 6.91. The van der Waals surface area contributed by atoms with Crippen LogP contribution in [0.15, 0.2) is 59.4 Å². The van der Waals surface area contributed by atoms with Gasteiger partial charge in [0.1, 0.15) is 0 Å². The van der Waals surface area contributed by atoms with Crippen LogP contribution in [0.3, 0.4) is 0 Å². The summed E-state index contributed by atoms with van der Waals surface area (Å²) in [4.78, 5) is 24.6. The Morgan fingerprint density at radius 1 is 1.14 bits per heavy atom. The van der Waals surface area contributed by atoms with Crippen molar-refractivity contribution >= 4 is 23.2 Å². The second kappa shape index (κ2) is 8.27. The third-order valence-corrected chi connectivity index (χ3v) is 4.36. The number of carbonyl (C=O) groups is 1. The van der Waals surface area contributed by atoms with Crippen LogP contribution in [0.2, 0.25) is 5.02 Å². The maximum absolute atomic E-state index is 12.4. The van der Waals surface area contributed by atoms with Gasteiger partial charge in [0.15, 0.2) is 6.10 Å². The van der Waals surface area contributed by atoms with E-state index in [0.717, 1.165) is 11.1 Å². The highest BCUT2D eigenvalue weighted by Gasteiger charge is 2.17. The predicted octanol–water partition coefficient (Wildman–Crippen LogP) is 3.91. The summed E-state index contributed by atoms with van der Waals surface area (Å²) in [7, 11) is 0. The van der Waals surface area contributed by atoms with Gasteiger partial charge >= 0.3 is 0 Å². The Morgan fingerprint density at radius 2 is 1.93 bits per heavy atom. The zero-order valence-electron chi connectivity index (χ0n) is 15.8. The van der Waals surface area contributed by atoms with E-state index in [2.05, 4.69) is 10.4 Å². The van der Waals surface area contributed by atoms with Crippen LogP contribution in [0.5, 0.6) is 5.88 Å². The lowest BCUT2D eigenvalue weighted by atomic mass is 10.2. The Bertz CT molecular complexity index is 1080. The van der Waals surface area contributed by atoms with Crippen molar-refractivity contribution in [2.24, 2.45) is 0 Å². The van der Waals surface area contributed by atoms with Gasteiger partial charge in [0, 0.05) is 22.8 Å². The average molecular weight is 398 g/mol. The van der Waals surface area contributed by atoms with Crippen LogP contribution in [0.4, 0.5) is 5.69 Å². The van der Waals surface area contributed by atoms with Gasteiger partial charge < -0.3 is 10.1 Å². The number of anilines is 1. The number of nitrogens with zero attached hydrogens (tertiary/aromatic N) is 2. The molecule has 1 atom stereocenters. The lowest BCUT2D eigenvalue weighted by Gasteiger charge is -2.15. The fourth-order valence-corrected chi connectivity index (χ4v) is 2.81. The van der Waals surface area contributed by atoms with Crippen LogP contribution in [-0.4, -0.2) is 21.8 Å². The topological polar surface area (TPSA) is 73.2 Å². The summed E-state index contributed by atoms with van der Waals surface area (Å²) in [6, 6.07) is 15.5. The molecule has 2 aromatic carbocycles. The van der Waals surface area contributed by atoms with Gasteiger partial charge in [-0.15, -0.1) is 5.10 Å².